The third-order valence-corrected chi connectivity index (χ3v) is 3.12. The first-order valence-electron chi connectivity index (χ1n) is 6.69. The molecule has 0 fully saturated rings. The number of nitrogens with zero attached hydrogens (tertiary/aromatic N) is 3. The van der Waals surface area contributed by atoms with Crippen LogP contribution < -0.4 is 5.32 Å². The summed E-state index contributed by atoms with van der Waals surface area (Å²) in [5.41, 5.74) is 1.20. The maximum atomic E-state index is 11.9. The Morgan fingerprint density at radius 3 is 2.52 bits per heavy atom. The number of carbonyl (C=O) groups is 2. The highest BCUT2D eigenvalue weighted by atomic mass is 16.6. The van der Waals surface area contributed by atoms with Gasteiger partial charge in [0, 0.05) is 12.1 Å². The fourth-order valence-corrected chi connectivity index (χ4v) is 1.94. The number of nitrogens with one attached hydrogen (secondary N) is 1. The summed E-state index contributed by atoms with van der Waals surface area (Å²) in [4.78, 5) is 32.6. The van der Waals surface area contributed by atoms with Gasteiger partial charge in [-0.25, -0.2) is 4.79 Å². The second-order valence-corrected chi connectivity index (χ2v) is 4.80. The molecule has 9 heteroatoms. The zero-order chi connectivity index (χ0) is 17.0. The lowest BCUT2D eigenvalue weighted by molar-refractivity contribution is -0.389. The Kier molecular flexibility index (Phi) is 4.69. The molecule has 1 aromatic carbocycles. The van der Waals surface area contributed by atoms with E-state index < -0.39 is 10.9 Å². The quantitative estimate of drug-likeness (QED) is 0.617. The van der Waals surface area contributed by atoms with Crippen molar-refractivity contribution in [2.45, 2.75) is 19.9 Å². The van der Waals surface area contributed by atoms with Crippen LogP contribution in [-0.4, -0.2) is 31.7 Å². The molecule has 2 N–H and O–H groups in total. The first-order chi connectivity index (χ1) is 10.9. The van der Waals surface area contributed by atoms with Gasteiger partial charge >= 0.3 is 11.8 Å². The molecule has 1 heterocycles. The minimum atomic E-state index is -1.04. The van der Waals surface area contributed by atoms with E-state index in [9.17, 15) is 19.7 Å². The molecule has 0 saturated heterocycles. The smallest absolute Gasteiger partial charge is 0.390 e. The van der Waals surface area contributed by atoms with E-state index in [0.717, 1.165) is 0 Å². The number of benzene rings is 1. The van der Waals surface area contributed by atoms with Crippen molar-refractivity contribution in [3.05, 3.63) is 51.7 Å². The average molecular weight is 318 g/mol. The number of nitro groups is 1. The highest BCUT2D eigenvalue weighted by Crippen LogP contribution is 2.12. The molecule has 1 amide bonds. The highest BCUT2D eigenvalue weighted by molar-refractivity contribution is 5.92. The predicted molar refractivity (Wildman–Crippen MR) is 80.3 cm³/mol. The first-order valence-corrected chi connectivity index (χ1v) is 6.69. The molecule has 120 valence electrons. The molecule has 0 radical (unpaired) electrons. The van der Waals surface area contributed by atoms with E-state index in [4.69, 9.17) is 5.11 Å². The van der Waals surface area contributed by atoms with Gasteiger partial charge in [-0.05, 0) is 36.1 Å². The van der Waals surface area contributed by atoms with Crippen molar-refractivity contribution in [3.8, 4) is 0 Å². The van der Waals surface area contributed by atoms with Gasteiger partial charge in [-0.1, -0.05) is 0 Å². The summed E-state index contributed by atoms with van der Waals surface area (Å²) in [5.74, 6) is -1.60. The summed E-state index contributed by atoms with van der Waals surface area (Å²) in [7, 11) is 0. The number of aromatic carboxylic acids is 1. The molecular weight excluding hydrogens is 304 g/mol. The molecule has 0 aliphatic carbocycles. The lowest BCUT2D eigenvalue weighted by Gasteiger charge is -2.05. The third kappa shape index (κ3) is 4.13. The predicted octanol–water partition coefficient (Wildman–Crippen LogP) is 1.83. The fourth-order valence-electron chi connectivity index (χ4n) is 1.94. The number of hydrogen-bond acceptors (Lipinski definition) is 5. The van der Waals surface area contributed by atoms with Crippen molar-refractivity contribution in [1.82, 2.24) is 9.78 Å². The van der Waals surface area contributed by atoms with Crippen LogP contribution >= 0.6 is 0 Å². The monoisotopic (exact) mass is 318 g/mol. The van der Waals surface area contributed by atoms with Crippen LogP contribution in [0.25, 0.3) is 0 Å². The van der Waals surface area contributed by atoms with Gasteiger partial charge in [-0.3, -0.25) is 4.79 Å². The lowest BCUT2D eigenvalue weighted by Crippen LogP contribution is -2.15. The van der Waals surface area contributed by atoms with Crippen LogP contribution in [-0.2, 0) is 11.3 Å². The van der Waals surface area contributed by atoms with Crippen LogP contribution in [0.2, 0.25) is 0 Å². The second-order valence-electron chi connectivity index (χ2n) is 4.80. The maximum Gasteiger partial charge on any atom is 0.390 e. The second kappa shape index (κ2) is 6.69. The van der Waals surface area contributed by atoms with Gasteiger partial charge in [-0.15, -0.1) is 0 Å². The van der Waals surface area contributed by atoms with Gasteiger partial charge in [-0.2, -0.15) is 4.68 Å². The Morgan fingerprint density at radius 1 is 1.35 bits per heavy atom. The van der Waals surface area contributed by atoms with Crippen molar-refractivity contribution in [2.75, 3.05) is 5.32 Å². The average Bonchev–Trinajstić information content (AvgIpc) is 2.87. The van der Waals surface area contributed by atoms with Gasteiger partial charge < -0.3 is 20.5 Å². The molecule has 0 atom stereocenters. The topological polar surface area (TPSA) is 127 Å². The Hall–Kier alpha value is -3.23. The zero-order valence-electron chi connectivity index (χ0n) is 12.2. The Morgan fingerprint density at radius 2 is 2.00 bits per heavy atom. The number of aromatic nitrogens is 2. The molecule has 0 bridgehead atoms. The minimum Gasteiger partial charge on any atom is -0.478 e. The van der Waals surface area contributed by atoms with Crippen LogP contribution in [0.5, 0.6) is 0 Å². The fraction of sp³-hybridized carbons (Fsp3) is 0.214. The van der Waals surface area contributed by atoms with Crippen LogP contribution in [0.3, 0.4) is 0 Å². The van der Waals surface area contributed by atoms with Crippen LogP contribution in [0.4, 0.5) is 11.5 Å². The molecule has 2 rings (SSSR count). The maximum absolute atomic E-state index is 11.9. The van der Waals surface area contributed by atoms with E-state index >= 15 is 0 Å². The molecule has 0 unspecified atom stereocenters. The van der Waals surface area contributed by atoms with E-state index in [-0.39, 0.29) is 30.3 Å². The minimum absolute atomic E-state index is 0.0837. The number of amides is 1. The summed E-state index contributed by atoms with van der Waals surface area (Å²) in [5, 5.41) is 25.8. The molecule has 1 aromatic heterocycles. The van der Waals surface area contributed by atoms with Crippen molar-refractivity contribution in [2.24, 2.45) is 0 Å². The molecule has 0 spiro atoms. The molecule has 2 aromatic rings. The van der Waals surface area contributed by atoms with Gasteiger partial charge in [0.2, 0.25) is 5.91 Å². The van der Waals surface area contributed by atoms with Gasteiger partial charge in [0.15, 0.2) is 0 Å². The first kappa shape index (κ1) is 16.1. The van der Waals surface area contributed by atoms with Gasteiger partial charge in [0.05, 0.1) is 29.0 Å². The molecular formula is C14H14N4O5. The Bertz CT molecular complexity index is 751. The Balaban J connectivity index is 1.92. The SMILES string of the molecule is Cc1cc([N+](=O)[O-])nn1CCC(=O)Nc1ccc(C(=O)O)cc1. The summed E-state index contributed by atoms with van der Waals surface area (Å²) in [6.07, 6.45) is 0.0837. The van der Waals surface area contributed by atoms with E-state index in [1.807, 2.05) is 0 Å². The van der Waals surface area contributed by atoms with Crippen LogP contribution in [0.15, 0.2) is 30.3 Å². The normalized spacial score (nSPS) is 10.3. The number of anilines is 1. The van der Waals surface area contributed by atoms with E-state index in [2.05, 4.69) is 10.4 Å². The van der Waals surface area contributed by atoms with Crippen molar-refractivity contribution < 1.29 is 19.6 Å². The number of carbonyl (C=O) groups excluding carboxylic acids is 1. The Labute approximate surface area is 130 Å². The molecule has 0 aliphatic rings. The zero-order valence-corrected chi connectivity index (χ0v) is 12.2. The highest BCUT2D eigenvalue weighted by Gasteiger charge is 2.16. The standard InChI is InChI=1S/C14H14N4O5/c1-9-8-12(18(22)23)16-17(9)7-6-13(19)15-11-4-2-10(3-5-11)14(20)21/h2-5,8H,6-7H2,1H3,(H,15,19)(H,20,21). The van der Waals surface area contributed by atoms with Crippen molar-refractivity contribution in [3.63, 3.8) is 0 Å². The summed E-state index contributed by atoms with van der Waals surface area (Å²) >= 11 is 0. The van der Waals surface area contributed by atoms with E-state index in [1.54, 1.807) is 6.92 Å². The number of carboxylic acid groups (broad SMARTS) is 1. The number of rotatable bonds is 6. The van der Waals surface area contributed by atoms with Crippen LogP contribution in [0, 0.1) is 17.0 Å². The summed E-state index contributed by atoms with van der Waals surface area (Å²) in [6.45, 7) is 1.88. The lowest BCUT2D eigenvalue weighted by atomic mass is 10.2. The largest absolute Gasteiger partial charge is 0.478 e. The third-order valence-electron chi connectivity index (χ3n) is 3.12. The van der Waals surface area contributed by atoms with E-state index in [0.29, 0.717) is 11.4 Å². The van der Waals surface area contributed by atoms with Gasteiger partial charge in [0.1, 0.15) is 0 Å². The van der Waals surface area contributed by atoms with E-state index in [1.165, 1.54) is 35.0 Å². The number of hydrogen-bond donors (Lipinski definition) is 2. The molecule has 23 heavy (non-hydrogen) atoms. The summed E-state index contributed by atoms with van der Waals surface area (Å²) in [6, 6.07) is 7.09. The molecule has 9 nitrogen and oxygen atoms in total. The van der Waals surface area contributed by atoms with Gasteiger partial charge in [0.25, 0.3) is 0 Å². The molecule has 0 saturated carbocycles. The van der Waals surface area contributed by atoms with Crippen molar-refractivity contribution in [1.29, 1.82) is 0 Å². The number of aryl methyl sites for hydroxylation is 2. The molecule has 0 aliphatic heterocycles. The summed E-state index contributed by atoms with van der Waals surface area (Å²) < 4.78 is 1.39. The van der Waals surface area contributed by atoms with Crippen LogP contribution in [0.1, 0.15) is 22.5 Å². The van der Waals surface area contributed by atoms with Crippen molar-refractivity contribution >= 4 is 23.4 Å². The number of carboxylic acids is 1.